The average Bonchev–Trinajstić information content (AvgIpc) is 3.18. The van der Waals surface area contributed by atoms with Gasteiger partial charge in [-0.05, 0) is 81.0 Å². The number of sulfonamides is 1. The summed E-state index contributed by atoms with van der Waals surface area (Å²) in [6.07, 6.45) is 4.62. The lowest BCUT2D eigenvalue weighted by Gasteiger charge is -2.40. The third-order valence-electron chi connectivity index (χ3n) is 7.47. The van der Waals surface area contributed by atoms with E-state index in [1.54, 1.807) is 28.6 Å². The Morgan fingerprint density at radius 2 is 1.74 bits per heavy atom. The van der Waals surface area contributed by atoms with Crippen molar-refractivity contribution in [2.45, 2.75) is 70.4 Å². The second-order valence-electron chi connectivity index (χ2n) is 9.87. The number of aromatic nitrogens is 1. The molecule has 0 saturated carbocycles. The Labute approximate surface area is 208 Å². The molecule has 2 aromatic carbocycles. The standard InChI is InChI=1S/C28H35N3O3S/c1-4-15-29(16-5-2)35(33,34)22-12-10-21(11-13-22)28(32)31-18-17-30-25-14-9-20(3)19-24(25)23-7-6-8-26(31)27(23)30/h9-14,19,26H,4-8,15-18H2,1-3H3/t26-/m1/s1. The highest BCUT2D eigenvalue weighted by Gasteiger charge is 2.37. The van der Waals surface area contributed by atoms with Gasteiger partial charge in [0.25, 0.3) is 5.91 Å². The van der Waals surface area contributed by atoms with Gasteiger partial charge in [-0.2, -0.15) is 4.31 Å². The van der Waals surface area contributed by atoms with Crippen molar-refractivity contribution < 1.29 is 13.2 Å². The van der Waals surface area contributed by atoms with E-state index in [0.29, 0.717) is 25.2 Å². The number of nitrogens with zero attached hydrogens (tertiary/aromatic N) is 3. The summed E-state index contributed by atoms with van der Waals surface area (Å²) in [4.78, 5) is 15.9. The quantitative estimate of drug-likeness (QED) is 0.449. The molecular formula is C28H35N3O3S. The van der Waals surface area contributed by atoms with Crippen LogP contribution in [0.3, 0.4) is 0 Å². The fraction of sp³-hybridized carbons (Fsp3) is 0.464. The zero-order valence-corrected chi connectivity index (χ0v) is 21.8. The third kappa shape index (κ3) is 4.08. The molecule has 1 aliphatic carbocycles. The van der Waals surface area contributed by atoms with Crippen molar-refractivity contribution in [3.8, 4) is 0 Å². The topological polar surface area (TPSA) is 62.6 Å². The van der Waals surface area contributed by atoms with Crippen molar-refractivity contribution >= 4 is 26.8 Å². The first-order chi connectivity index (χ1) is 16.9. The van der Waals surface area contributed by atoms with Crippen molar-refractivity contribution in [2.75, 3.05) is 19.6 Å². The molecule has 3 aromatic rings. The normalized spacial score (nSPS) is 17.7. The highest BCUT2D eigenvalue weighted by atomic mass is 32.2. The minimum Gasteiger partial charge on any atom is -0.341 e. The summed E-state index contributed by atoms with van der Waals surface area (Å²) in [5.74, 6) is -0.0153. The Hall–Kier alpha value is -2.64. The molecule has 2 heterocycles. The number of amides is 1. The van der Waals surface area contributed by atoms with E-state index < -0.39 is 10.0 Å². The van der Waals surface area contributed by atoms with Crippen LogP contribution in [0.15, 0.2) is 47.4 Å². The molecule has 1 aliphatic heterocycles. The second-order valence-corrected chi connectivity index (χ2v) is 11.8. The maximum atomic E-state index is 13.6. The predicted molar refractivity (Wildman–Crippen MR) is 139 cm³/mol. The van der Waals surface area contributed by atoms with E-state index >= 15 is 0 Å². The molecule has 1 amide bonds. The van der Waals surface area contributed by atoms with E-state index in [1.807, 2.05) is 18.7 Å². The summed E-state index contributed by atoms with van der Waals surface area (Å²) < 4.78 is 30.2. The maximum Gasteiger partial charge on any atom is 0.254 e. The largest absolute Gasteiger partial charge is 0.341 e. The smallest absolute Gasteiger partial charge is 0.254 e. The summed E-state index contributed by atoms with van der Waals surface area (Å²) in [6, 6.07) is 13.3. The van der Waals surface area contributed by atoms with Gasteiger partial charge in [0.2, 0.25) is 10.0 Å². The molecular weight excluding hydrogens is 458 g/mol. The molecule has 35 heavy (non-hydrogen) atoms. The van der Waals surface area contributed by atoms with E-state index in [0.717, 1.165) is 38.6 Å². The van der Waals surface area contributed by atoms with Crippen molar-refractivity contribution in [3.63, 3.8) is 0 Å². The molecule has 0 saturated heterocycles. The van der Waals surface area contributed by atoms with E-state index in [1.165, 1.54) is 27.7 Å². The molecule has 186 valence electrons. The lowest BCUT2D eigenvalue weighted by atomic mass is 9.89. The lowest BCUT2D eigenvalue weighted by molar-refractivity contribution is 0.0601. The zero-order valence-electron chi connectivity index (χ0n) is 21.0. The van der Waals surface area contributed by atoms with Gasteiger partial charge in [0, 0.05) is 48.3 Å². The van der Waals surface area contributed by atoms with Crippen LogP contribution in [-0.2, 0) is 23.0 Å². The number of hydrogen-bond acceptors (Lipinski definition) is 3. The summed E-state index contributed by atoms with van der Waals surface area (Å²) in [6.45, 7) is 8.55. The van der Waals surface area contributed by atoms with Gasteiger partial charge < -0.3 is 9.47 Å². The van der Waals surface area contributed by atoms with Gasteiger partial charge >= 0.3 is 0 Å². The lowest BCUT2D eigenvalue weighted by Crippen LogP contribution is -2.43. The van der Waals surface area contributed by atoms with E-state index in [-0.39, 0.29) is 16.8 Å². The molecule has 5 rings (SSSR count). The molecule has 0 N–H and O–H groups in total. The number of fused-ring (bicyclic) bond motifs is 3. The Balaban J connectivity index is 1.44. The van der Waals surface area contributed by atoms with Crippen LogP contribution in [0, 0.1) is 6.92 Å². The third-order valence-corrected chi connectivity index (χ3v) is 9.39. The minimum absolute atomic E-state index is 0.0153. The highest BCUT2D eigenvalue weighted by Crippen LogP contribution is 2.43. The number of carbonyl (C=O) groups excluding carboxylic acids is 1. The van der Waals surface area contributed by atoms with Gasteiger partial charge in [-0.25, -0.2) is 8.42 Å². The molecule has 0 unspecified atom stereocenters. The van der Waals surface area contributed by atoms with Crippen LogP contribution < -0.4 is 0 Å². The van der Waals surface area contributed by atoms with Crippen LogP contribution >= 0.6 is 0 Å². The molecule has 0 fully saturated rings. The summed E-state index contributed by atoms with van der Waals surface area (Å²) in [5.41, 5.74) is 5.78. The Kier molecular flexibility index (Phi) is 6.49. The van der Waals surface area contributed by atoms with Gasteiger partial charge in [0.05, 0.1) is 10.9 Å². The molecule has 1 aromatic heterocycles. The molecule has 0 bridgehead atoms. The van der Waals surface area contributed by atoms with Crippen LogP contribution in [0.4, 0.5) is 0 Å². The predicted octanol–water partition coefficient (Wildman–Crippen LogP) is 5.29. The summed E-state index contributed by atoms with van der Waals surface area (Å²) >= 11 is 0. The number of benzene rings is 2. The number of rotatable bonds is 7. The Morgan fingerprint density at radius 1 is 1.03 bits per heavy atom. The van der Waals surface area contributed by atoms with Crippen molar-refractivity contribution in [2.24, 2.45) is 0 Å². The molecule has 0 radical (unpaired) electrons. The van der Waals surface area contributed by atoms with Crippen molar-refractivity contribution in [1.82, 2.24) is 13.8 Å². The zero-order chi connectivity index (χ0) is 24.7. The monoisotopic (exact) mass is 493 g/mol. The molecule has 0 spiro atoms. The second kappa shape index (κ2) is 9.43. The van der Waals surface area contributed by atoms with E-state index in [4.69, 9.17) is 0 Å². The van der Waals surface area contributed by atoms with E-state index in [2.05, 4.69) is 29.7 Å². The van der Waals surface area contributed by atoms with E-state index in [9.17, 15) is 13.2 Å². The maximum absolute atomic E-state index is 13.6. The minimum atomic E-state index is -3.56. The van der Waals surface area contributed by atoms with Crippen LogP contribution in [0.2, 0.25) is 0 Å². The van der Waals surface area contributed by atoms with Gasteiger partial charge in [-0.3, -0.25) is 4.79 Å². The first-order valence-electron chi connectivity index (χ1n) is 12.9. The van der Waals surface area contributed by atoms with Gasteiger partial charge in [0.1, 0.15) is 0 Å². The van der Waals surface area contributed by atoms with Gasteiger partial charge in [0.15, 0.2) is 0 Å². The van der Waals surface area contributed by atoms with Crippen LogP contribution in [0.25, 0.3) is 10.9 Å². The molecule has 2 aliphatic rings. The first kappa shape index (κ1) is 24.1. The Bertz CT molecular complexity index is 1350. The van der Waals surface area contributed by atoms with Crippen molar-refractivity contribution in [3.05, 3.63) is 64.8 Å². The highest BCUT2D eigenvalue weighted by molar-refractivity contribution is 7.89. The molecule has 6 nitrogen and oxygen atoms in total. The summed E-state index contributed by atoms with van der Waals surface area (Å²) in [7, 11) is -3.56. The Morgan fingerprint density at radius 3 is 2.43 bits per heavy atom. The number of aryl methyl sites for hydroxylation is 2. The number of carbonyl (C=O) groups is 1. The van der Waals surface area contributed by atoms with Gasteiger partial charge in [-0.15, -0.1) is 0 Å². The van der Waals surface area contributed by atoms with Crippen LogP contribution in [-0.4, -0.2) is 47.7 Å². The average molecular weight is 494 g/mol. The summed E-state index contributed by atoms with van der Waals surface area (Å²) in [5, 5.41) is 1.33. The fourth-order valence-corrected chi connectivity index (χ4v) is 7.52. The first-order valence-corrected chi connectivity index (χ1v) is 14.3. The van der Waals surface area contributed by atoms with Crippen LogP contribution in [0.5, 0.6) is 0 Å². The van der Waals surface area contributed by atoms with Crippen LogP contribution in [0.1, 0.15) is 72.8 Å². The van der Waals surface area contributed by atoms with Gasteiger partial charge in [-0.1, -0.05) is 25.5 Å². The molecule has 1 atom stereocenters. The molecule has 7 heteroatoms. The number of hydrogen-bond donors (Lipinski definition) is 0. The SMILES string of the molecule is CCCN(CCC)S(=O)(=O)c1ccc(C(=O)N2CCn3c4c(c5cc(C)ccc53)CCC[C@H]42)cc1. The van der Waals surface area contributed by atoms with Crippen molar-refractivity contribution in [1.29, 1.82) is 0 Å². The fourth-order valence-electron chi connectivity index (χ4n) is 5.90.